The Hall–Kier alpha value is -3.27. The lowest BCUT2D eigenvalue weighted by molar-refractivity contribution is -0.139. The zero-order valence-electron chi connectivity index (χ0n) is 24.6. The number of sulfonamides is 1. The van der Waals surface area contributed by atoms with Gasteiger partial charge in [-0.05, 0) is 87.7 Å². The van der Waals surface area contributed by atoms with E-state index in [0.29, 0.717) is 33.7 Å². The van der Waals surface area contributed by atoms with Crippen LogP contribution in [0.25, 0.3) is 0 Å². The lowest BCUT2D eigenvalue weighted by Gasteiger charge is -2.32. The first kappa shape index (κ1) is 32.6. The predicted octanol–water partition coefficient (Wildman–Crippen LogP) is 6.37. The van der Waals surface area contributed by atoms with E-state index in [1.807, 2.05) is 13.8 Å². The van der Waals surface area contributed by atoms with Crippen LogP contribution in [0.4, 0.5) is 5.69 Å². The van der Waals surface area contributed by atoms with Gasteiger partial charge in [0.1, 0.15) is 18.3 Å². The van der Waals surface area contributed by atoms with Crippen LogP contribution in [0.1, 0.15) is 50.7 Å². The van der Waals surface area contributed by atoms with Crippen molar-refractivity contribution in [2.75, 3.05) is 17.5 Å². The van der Waals surface area contributed by atoms with Gasteiger partial charge < -0.3 is 15.0 Å². The van der Waals surface area contributed by atoms with Gasteiger partial charge in [0, 0.05) is 12.6 Å². The summed E-state index contributed by atoms with van der Waals surface area (Å²) in [6, 6.07) is 17.1. The van der Waals surface area contributed by atoms with Gasteiger partial charge in [-0.1, -0.05) is 59.8 Å². The van der Waals surface area contributed by atoms with E-state index in [0.717, 1.165) is 35.6 Å². The summed E-state index contributed by atoms with van der Waals surface area (Å²) in [6.45, 7) is 5.33. The van der Waals surface area contributed by atoms with Crippen molar-refractivity contribution in [3.8, 4) is 5.75 Å². The number of carbonyl (C=O) groups is 2. The Morgan fingerprint density at radius 2 is 1.63 bits per heavy atom. The largest absolute Gasteiger partial charge is 0.494 e. The minimum atomic E-state index is -4.19. The lowest BCUT2D eigenvalue weighted by atomic mass is 10.1. The summed E-state index contributed by atoms with van der Waals surface area (Å²) >= 11 is 12.4. The van der Waals surface area contributed by atoms with Crippen LogP contribution in [0.15, 0.2) is 71.6 Å². The molecule has 0 bridgehead atoms. The number of rotatable bonds is 12. The molecule has 0 saturated heterocycles. The Morgan fingerprint density at radius 1 is 0.977 bits per heavy atom. The summed E-state index contributed by atoms with van der Waals surface area (Å²) in [5.41, 5.74) is 1.91. The lowest BCUT2D eigenvalue weighted by Crippen LogP contribution is -2.52. The third kappa shape index (κ3) is 8.22. The summed E-state index contributed by atoms with van der Waals surface area (Å²) in [5.74, 6) is -0.305. The van der Waals surface area contributed by atoms with Crippen LogP contribution in [-0.4, -0.2) is 50.4 Å². The number of carbonyl (C=O) groups excluding carboxylic acids is 2. The Balaban J connectivity index is 1.68. The minimum absolute atomic E-state index is 0.00684. The zero-order chi connectivity index (χ0) is 31.1. The molecule has 0 unspecified atom stereocenters. The predicted molar refractivity (Wildman–Crippen MR) is 170 cm³/mol. The molecule has 8 nitrogen and oxygen atoms in total. The van der Waals surface area contributed by atoms with Crippen molar-refractivity contribution in [3.05, 3.63) is 87.9 Å². The van der Waals surface area contributed by atoms with E-state index in [1.54, 1.807) is 61.5 Å². The zero-order valence-corrected chi connectivity index (χ0v) is 26.9. The highest BCUT2D eigenvalue weighted by Crippen LogP contribution is 2.28. The van der Waals surface area contributed by atoms with Crippen molar-refractivity contribution in [1.29, 1.82) is 0 Å². The fourth-order valence-corrected chi connectivity index (χ4v) is 6.79. The molecule has 0 heterocycles. The molecular formula is C32H37Cl2N3O5S. The van der Waals surface area contributed by atoms with E-state index in [-0.39, 0.29) is 23.4 Å². The maximum absolute atomic E-state index is 14.1. The summed E-state index contributed by atoms with van der Waals surface area (Å²) < 4.78 is 34.6. The molecule has 0 aliphatic heterocycles. The Bertz CT molecular complexity index is 1530. The second-order valence-electron chi connectivity index (χ2n) is 10.7. The number of nitrogens with one attached hydrogen (secondary N) is 1. The topological polar surface area (TPSA) is 96.0 Å². The molecule has 1 N–H and O–H groups in total. The summed E-state index contributed by atoms with van der Waals surface area (Å²) in [7, 11) is -4.19. The van der Waals surface area contributed by atoms with Gasteiger partial charge in [-0.15, -0.1) is 0 Å². The summed E-state index contributed by atoms with van der Waals surface area (Å²) in [6.07, 6.45) is 3.86. The highest BCUT2D eigenvalue weighted by molar-refractivity contribution is 7.92. The molecule has 3 aromatic rings. The van der Waals surface area contributed by atoms with Crippen LogP contribution in [0.2, 0.25) is 10.0 Å². The number of hydrogen-bond donors (Lipinski definition) is 1. The van der Waals surface area contributed by atoms with Crippen LogP contribution in [-0.2, 0) is 26.2 Å². The smallest absolute Gasteiger partial charge is 0.264 e. The van der Waals surface area contributed by atoms with Gasteiger partial charge in [-0.3, -0.25) is 13.9 Å². The quantitative estimate of drug-likeness (QED) is 0.247. The average Bonchev–Trinajstić information content (AvgIpc) is 3.50. The summed E-state index contributed by atoms with van der Waals surface area (Å²) in [4.78, 5) is 28.9. The van der Waals surface area contributed by atoms with E-state index in [2.05, 4.69) is 5.32 Å². The van der Waals surface area contributed by atoms with Gasteiger partial charge in [0.25, 0.3) is 10.0 Å². The molecular weight excluding hydrogens is 609 g/mol. The van der Waals surface area contributed by atoms with Crippen molar-refractivity contribution in [2.45, 2.75) is 70.0 Å². The van der Waals surface area contributed by atoms with Crippen LogP contribution < -0.4 is 14.4 Å². The normalized spacial score (nSPS) is 14.3. The van der Waals surface area contributed by atoms with Gasteiger partial charge in [-0.25, -0.2) is 8.42 Å². The summed E-state index contributed by atoms with van der Waals surface area (Å²) in [5, 5.41) is 3.74. The molecule has 0 aromatic heterocycles. The molecule has 230 valence electrons. The second-order valence-corrected chi connectivity index (χ2v) is 13.4. The third-order valence-electron chi connectivity index (χ3n) is 7.53. The minimum Gasteiger partial charge on any atom is -0.494 e. The molecule has 1 saturated carbocycles. The molecule has 1 fully saturated rings. The van der Waals surface area contributed by atoms with Gasteiger partial charge in [0.2, 0.25) is 11.8 Å². The fourth-order valence-electron chi connectivity index (χ4n) is 5.05. The van der Waals surface area contributed by atoms with E-state index < -0.39 is 28.5 Å². The number of ether oxygens (including phenoxy) is 1. The Labute approximate surface area is 264 Å². The monoisotopic (exact) mass is 645 g/mol. The van der Waals surface area contributed by atoms with E-state index in [1.165, 1.54) is 17.0 Å². The number of nitrogens with zero attached hydrogens (tertiary/aromatic N) is 2. The number of benzene rings is 3. The first-order valence-corrected chi connectivity index (χ1v) is 16.5. The molecule has 3 aromatic carbocycles. The van der Waals surface area contributed by atoms with Gasteiger partial charge in [0.15, 0.2) is 0 Å². The van der Waals surface area contributed by atoms with E-state index >= 15 is 0 Å². The molecule has 43 heavy (non-hydrogen) atoms. The van der Waals surface area contributed by atoms with Crippen LogP contribution in [0.3, 0.4) is 0 Å². The highest BCUT2D eigenvalue weighted by Gasteiger charge is 2.33. The van der Waals surface area contributed by atoms with Gasteiger partial charge in [0.05, 0.1) is 27.2 Å². The molecule has 1 atom stereocenters. The fraction of sp³-hybridized carbons (Fsp3) is 0.375. The Kier molecular flexibility index (Phi) is 11.0. The van der Waals surface area contributed by atoms with Crippen LogP contribution in [0.5, 0.6) is 5.75 Å². The SMILES string of the molecule is CCOc1ccc(S(=O)(=O)N(CC(=O)N(Cc2ccc(Cl)c(Cl)c2)[C@@H](C)C(=O)NC2CCCC2)c2ccc(C)cc2)cc1. The van der Waals surface area contributed by atoms with Gasteiger partial charge >= 0.3 is 0 Å². The van der Waals surface area contributed by atoms with Crippen molar-refractivity contribution >= 4 is 50.7 Å². The number of hydrogen-bond acceptors (Lipinski definition) is 5. The number of halogens is 2. The maximum Gasteiger partial charge on any atom is 0.264 e. The number of amides is 2. The highest BCUT2D eigenvalue weighted by atomic mass is 35.5. The van der Waals surface area contributed by atoms with Gasteiger partial charge in [-0.2, -0.15) is 0 Å². The number of aryl methyl sites for hydroxylation is 1. The van der Waals surface area contributed by atoms with Crippen LogP contribution >= 0.6 is 23.2 Å². The van der Waals surface area contributed by atoms with Crippen molar-refractivity contribution < 1.29 is 22.7 Å². The van der Waals surface area contributed by atoms with Crippen molar-refractivity contribution in [1.82, 2.24) is 10.2 Å². The molecule has 0 radical (unpaired) electrons. The Morgan fingerprint density at radius 3 is 2.23 bits per heavy atom. The standard InChI is InChI=1S/C32H37Cl2N3O5S/c1-4-42-27-14-16-28(17-15-27)43(40,41)37(26-12-9-22(2)10-13-26)21-31(38)36(20-24-11-18-29(33)30(34)19-24)23(3)32(39)35-25-7-5-6-8-25/h9-19,23,25H,4-8,20-21H2,1-3H3,(H,35,39)/t23-/m0/s1. The average molecular weight is 647 g/mol. The van der Waals surface area contributed by atoms with E-state index in [4.69, 9.17) is 27.9 Å². The molecule has 2 amide bonds. The molecule has 4 rings (SSSR count). The second kappa shape index (κ2) is 14.5. The maximum atomic E-state index is 14.1. The molecule has 0 spiro atoms. The molecule has 11 heteroatoms. The number of anilines is 1. The molecule has 1 aliphatic rings. The van der Waals surface area contributed by atoms with Crippen molar-refractivity contribution in [3.63, 3.8) is 0 Å². The third-order valence-corrected chi connectivity index (χ3v) is 10.1. The molecule has 1 aliphatic carbocycles. The van der Waals surface area contributed by atoms with E-state index in [9.17, 15) is 18.0 Å². The van der Waals surface area contributed by atoms with Crippen LogP contribution in [0, 0.1) is 6.92 Å². The van der Waals surface area contributed by atoms with Crippen molar-refractivity contribution in [2.24, 2.45) is 0 Å². The first-order valence-electron chi connectivity index (χ1n) is 14.4. The first-order chi connectivity index (χ1) is 20.5.